The van der Waals surface area contributed by atoms with Gasteiger partial charge in [0, 0.05) is 15.8 Å². The fourth-order valence-electron chi connectivity index (χ4n) is 2.53. The van der Waals surface area contributed by atoms with Gasteiger partial charge in [0.2, 0.25) is 0 Å². The van der Waals surface area contributed by atoms with Crippen LogP contribution in [0.4, 0.5) is 0 Å². The molecular weight excluding hydrogens is 322 g/mol. The second-order valence-electron chi connectivity index (χ2n) is 6.94. The van der Waals surface area contributed by atoms with Crippen LogP contribution in [0.5, 0.6) is 0 Å². The monoisotopic (exact) mass is 343 g/mol. The maximum atomic E-state index is 12.4. The Bertz CT molecular complexity index is 482. The molecule has 1 aliphatic carbocycles. The standard InChI is InChI=1S/C15H22BrNOS/c1-14(2,3)19(18)17-13-12-7-6-11(16)8-10(12)9-15(13,4)5/h6-8,13,17H,9H2,1-5H3/t13-,19?/m0/s1. The molecule has 0 radical (unpaired) electrons. The van der Waals surface area contributed by atoms with E-state index in [1.807, 2.05) is 20.8 Å². The van der Waals surface area contributed by atoms with Crippen LogP contribution in [-0.2, 0) is 17.8 Å². The molecule has 1 N–H and O–H groups in total. The van der Waals surface area contributed by atoms with Crippen LogP contribution < -0.4 is 4.72 Å². The molecule has 0 aliphatic heterocycles. The minimum atomic E-state index is -1.05. The Labute approximate surface area is 127 Å². The Hall–Kier alpha value is -0.0300. The lowest BCUT2D eigenvalue weighted by Crippen LogP contribution is -2.44. The average Bonchev–Trinajstić information content (AvgIpc) is 2.47. The highest BCUT2D eigenvalue weighted by Crippen LogP contribution is 2.46. The molecule has 2 atom stereocenters. The molecule has 0 bridgehead atoms. The van der Waals surface area contributed by atoms with E-state index in [1.54, 1.807) is 0 Å². The molecule has 0 fully saturated rings. The first-order valence-corrected chi connectivity index (χ1v) is 8.52. The van der Waals surface area contributed by atoms with Gasteiger partial charge in [0.15, 0.2) is 0 Å². The maximum absolute atomic E-state index is 12.4. The van der Waals surface area contributed by atoms with Gasteiger partial charge in [-0.1, -0.05) is 35.8 Å². The highest BCUT2D eigenvalue weighted by Gasteiger charge is 2.43. The molecule has 0 heterocycles. The lowest BCUT2D eigenvalue weighted by atomic mass is 9.86. The Morgan fingerprint density at radius 3 is 2.58 bits per heavy atom. The topological polar surface area (TPSA) is 35.1 Å². The molecule has 2 rings (SSSR count). The third kappa shape index (κ3) is 3.18. The molecule has 1 aromatic rings. The number of nitrogens with one attached hydrogen (secondary N) is 1. The van der Waals surface area contributed by atoms with Crippen LogP contribution in [0.15, 0.2) is 22.7 Å². The van der Waals surface area contributed by atoms with Gasteiger partial charge >= 0.3 is 0 Å². The molecule has 0 saturated carbocycles. The fraction of sp³-hybridized carbons (Fsp3) is 0.600. The molecule has 0 amide bonds. The summed E-state index contributed by atoms with van der Waals surface area (Å²) in [5.41, 5.74) is 2.72. The molecule has 1 aromatic carbocycles. The summed E-state index contributed by atoms with van der Waals surface area (Å²) in [5.74, 6) is 0. The maximum Gasteiger partial charge on any atom is 0.136 e. The zero-order valence-electron chi connectivity index (χ0n) is 12.2. The molecule has 106 valence electrons. The Morgan fingerprint density at radius 1 is 1.37 bits per heavy atom. The molecule has 0 saturated heterocycles. The van der Waals surface area contributed by atoms with Crippen LogP contribution in [0.3, 0.4) is 0 Å². The molecule has 2 nitrogen and oxygen atoms in total. The summed E-state index contributed by atoms with van der Waals surface area (Å²) in [7, 11) is 0. The van der Waals surface area contributed by atoms with E-state index in [4.69, 9.17) is 0 Å². The number of benzene rings is 1. The van der Waals surface area contributed by atoms with E-state index in [-0.39, 0.29) is 16.2 Å². The van der Waals surface area contributed by atoms with Gasteiger partial charge in [-0.05, 0) is 55.9 Å². The summed E-state index contributed by atoms with van der Waals surface area (Å²) < 4.78 is 16.6. The quantitative estimate of drug-likeness (QED) is 0.819. The second-order valence-corrected chi connectivity index (χ2v) is 9.85. The van der Waals surface area contributed by atoms with Crippen molar-refractivity contribution in [2.45, 2.75) is 51.8 Å². The second kappa shape index (κ2) is 5.06. The van der Waals surface area contributed by atoms with E-state index in [0.29, 0.717) is 0 Å². The minimum Gasteiger partial charge on any atom is -0.598 e. The van der Waals surface area contributed by atoms with Gasteiger partial charge in [-0.2, -0.15) is 0 Å². The number of hydrogen-bond donors (Lipinski definition) is 1. The van der Waals surface area contributed by atoms with Crippen molar-refractivity contribution < 1.29 is 4.55 Å². The zero-order valence-corrected chi connectivity index (χ0v) is 14.6. The van der Waals surface area contributed by atoms with Crippen molar-refractivity contribution in [3.05, 3.63) is 33.8 Å². The van der Waals surface area contributed by atoms with Crippen molar-refractivity contribution in [3.63, 3.8) is 0 Å². The molecular formula is C15H22BrNOS. The number of rotatable bonds is 2. The van der Waals surface area contributed by atoms with E-state index < -0.39 is 11.4 Å². The van der Waals surface area contributed by atoms with Gasteiger partial charge in [-0.15, -0.1) is 4.72 Å². The van der Waals surface area contributed by atoms with Gasteiger partial charge < -0.3 is 4.55 Å². The van der Waals surface area contributed by atoms with Gasteiger partial charge in [0.25, 0.3) is 0 Å². The number of halogens is 1. The number of fused-ring (bicyclic) bond motifs is 1. The van der Waals surface area contributed by atoms with Gasteiger partial charge in [-0.3, -0.25) is 0 Å². The van der Waals surface area contributed by atoms with Crippen LogP contribution in [0.1, 0.15) is 51.8 Å². The Kier molecular flexibility index (Phi) is 4.09. The van der Waals surface area contributed by atoms with Crippen LogP contribution in [0.25, 0.3) is 0 Å². The Morgan fingerprint density at radius 2 is 2.00 bits per heavy atom. The summed E-state index contributed by atoms with van der Waals surface area (Å²) >= 11 is 2.48. The van der Waals surface area contributed by atoms with Gasteiger partial charge in [0.1, 0.15) is 4.75 Å². The van der Waals surface area contributed by atoms with Crippen molar-refractivity contribution in [1.82, 2.24) is 4.72 Å². The molecule has 1 unspecified atom stereocenters. The average molecular weight is 344 g/mol. The van der Waals surface area contributed by atoms with Crippen molar-refractivity contribution in [2.75, 3.05) is 0 Å². The smallest absolute Gasteiger partial charge is 0.136 e. The van der Waals surface area contributed by atoms with Crippen molar-refractivity contribution in [1.29, 1.82) is 0 Å². The summed E-state index contributed by atoms with van der Waals surface area (Å²) in [6, 6.07) is 6.54. The zero-order chi connectivity index (χ0) is 14.4. The first kappa shape index (κ1) is 15.4. The highest BCUT2D eigenvalue weighted by atomic mass is 79.9. The molecule has 19 heavy (non-hydrogen) atoms. The van der Waals surface area contributed by atoms with E-state index >= 15 is 0 Å². The SMILES string of the molecule is CC1(C)Cc2cc(Br)ccc2[C@@H]1N[S+]([O-])C(C)(C)C. The van der Waals surface area contributed by atoms with Crippen LogP contribution in [0.2, 0.25) is 0 Å². The summed E-state index contributed by atoms with van der Waals surface area (Å²) in [6.45, 7) is 10.5. The number of hydrogen-bond acceptors (Lipinski definition) is 2. The predicted molar refractivity (Wildman–Crippen MR) is 85.4 cm³/mol. The van der Waals surface area contributed by atoms with Crippen LogP contribution in [0, 0.1) is 5.41 Å². The van der Waals surface area contributed by atoms with Crippen LogP contribution in [-0.4, -0.2) is 9.30 Å². The largest absolute Gasteiger partial charge is 0.598 e. The first-order chi connectivity index (χ1) is 8.61. The van der Waals surface area contributed by atoms with Crippen molar-refractivity contribution in [2.24, 2.45) is 5.41 Å². The normalized spacial score (nSPS) is 23.2. The van der Waals surface area contributed by atoms with E-state index in [1.165, 1.54) is 11.1 Å². The third-order valence-electron chi connectivity index (χ3n) is 3.62. The third-order valence-corrected chi connectivity index (χ3v) is 5.68. The molecule has 4 heteroatoms. The Balaban J connectivity index is 2.30. The van der Waals surface area contributed by atoms with Gasteiger partial charge in [-0.25, -0.2) is 0 Å². The lowest BCUT2D eigenvalue weighted by molar-refractivity contribution is 0.297. The van der Waals surface area contributed by atoms with Crippen molar-refractivity contribution in [3.8, 4) is 0 Å². The predicted octanol–water partition coefficient (Wildman–Crippen LogP) is 4.12. The molecule has 1 aliphatic rings. The van der Waals surface area contributed by atoms with Crippen molar-refractivity contribution >= 4 is 27.3 Å². The van der Waals surface area contributed by atoms with E-state index in [2.05, 4.69) is 52.7 Å². The van der Waals surface area contributed by atoms with Crippen LogP contribution >= 0.6 is 15.9 Å². The molecule has 0 aromatic heterocycles. The molecule has 0 spiro atoms. The minimum absolute atomic E-state index is 0.0873. The summed E-state index contributed by atoms with van der Waals surface area (Å²) in [6.07, 6.45) is 1.01. The first-order valence-electron chi connectivity index (χ1n) is 6.58. The fourth-order valence-corrected chi connectivity index (χ4v) is 3.95. The summed E-state index contributed by atoms with van der Waals surface area (Å²) in [5, 5.41) is 0. The van der Waals surface area contributed by atoms with E-state index in [0.717, 1.165) is 10.9 Å². The highest BCUT2D eigenvalue weighted by molar-refractivity contribution is 9.10. The van der Waals surface area contributed by atoms with E-state index in [9.17, 15) is 4.55 Å². The summed E-state index contributed by atoms with van der Waals surface area (Å²) in [4.78, 5) is 0. The van der Waals surface area contributed by atoms with Gasteiger partial charge in [0.05, 0.1) is 6.04 Å². The lowest BCUT2D eigenvalue weighted by Gasteiger charge is -2.32.